The molecule has 0 radical (unpaired) electrons. The maximum atomic E-state index is 11.1. The molecule has 0 saturated heterocycles. The number of pyridine rings is 1. The minimum Gasteiger partial charge on any atom is -0.348 e. The minimum atomic E-state index is 0. The maximum absolute atomic E-state index is 11.1. The smallest absolute Gasteiger partial charge is 0.252 e. The summed E-state index contributed by atoms with van der Waals surface area (Å²) in [6.45, 7) is 2.51. The number of fused-ring (bicyclic) bond motifs is 1. The van der Waals surface area contributed by atoms with E-state index < -0.39 is 0 Å². The molecule has 1 aromatic heterocycles. The van der Waals surface area contributed by atoms with Gasteiger partial charge in [-0.25, -0.2) is 0 Å². The van der Waals surface area contributed by atoms with E-state index in [9.17, 15) is 4.79 Å². The summed E-state index contributed by atoms with van der Waals surface area (Å²) in [5, 5.41) is 2.73. The Morgan fingerprint density at radius 2 is 2.33 bits per heavy atom. The Morgan fingerprint density at radius 1 is 1.58 bits per heavy atom. The molecule has 0 saturated carbocycles. The van der Waals surface area contributed by atoms with Crippen molar-refractivity contribution in [1.29, 1.82) is 0 Å². The zero-order valence-electron chi connectivity index (χ0n) is 6.63. The monoisotopic (exact) mass is 184 g/mol. The van der Waals surface area contributed by atoms with Crippen molar-refractivity contribution < 1.29 is 4.79 Å². The zero-order valence-corrected chi connectivity index (χ0v) is 7.44. The molecule has 2 heterocycles. The van der Waals surface area contributed by atoms with Crippen molar-refractivity contribution in [2.45, 2.75) is 13.5 Å². The lowest BCUT2D eigenvalue weighted by Gasteiger charge is -1.94. The summed E-state index contributed by atoms with van der Waals surface area (Å²) in [6.07, 6.45) is 1.75. The first-order chi connectivity index (χ1) is 5.27. The second kappa shape index (κ2) is 3.11. The molecule has 0 atom stereocenters. The molecule has 0 aliphatic carbocycles. The molecule has 1 aliphatic rings. The second-order valence-electron chi connectivity index (χ2n) is 2.67. The second-order valence-corrected chi connectivity index (χ2v) is 2.67. The number of aromatic nitrogens is 1. The Bertz CT molecular complexity index is 325. The third-order valence-electron chi connectivity index (χ3n) is 1.81. The van der Waals surface area contributed by atoms with Gasteiger partial charge in [-0.15, -0.1) is 12.4 Å². The SMILES string of the molecule is Cc1cc2c(cn1)CNC2=O.Cl. The first kappa shape index (κ1) is 9.00. The number of rotatable bonds is 0. The molecule has 0 bridgehead atoms. The standard InChI is InChI=1S/C8H8N2O.ClH/c1-5-2-7-6(3-9-5)4-10-8(7)11;/h2-3H,4H2,1H3,(H,10,11);1H. The van der Waals surface area contributed by atoms with Crippen LogP contribution in [0.4, 0.5) is 0 Å². The van der Waals surface area contributed by atoms with Crippen molar-refractivity contribution >= 4 is 18.3 Å². The number of nitrogens with zero attached hydrogens (tertiary/aromatic N) is 1. The van der Waals surface area contributed by atoms with E-state index in [0.717, 1.165) is 16.8 Å². The summed E-state index contributed by atoms with van der Waals surface area (Å²) in [4.78, 5) is 15.2. The van der Waals surface area contributed by atoms with Gasteiger partial charge in [0.25, 0.3) is 5.91 Å². The molecule has 1 aromatic rings. The lowest BCUT2D eigenvalue weighted by molar-refractivity contribution is 0.0965. The topological polar surface area (TPSA) is 42.0 Å². The van der Waals surface area contributed by atoms with Crippen LogP contribution in [0.25, 0.3) is 0 Å². The fourth-order valence-corrected chi connectivity index (χ4v) is 1.21. The van der Waals surface area contributed by atoms with E-state index in [0.29, 0.717) is 6.54 Å². The first-order valence-corrected chi connectivity index (χ1v) is 3.51. The molecule has 0 aromatic carbocycles. The number of hydrogen-bond donors (Lipinski definition) is 1. The van der Waals surface area contributed by atoms with Crippen LogP contribution < -0.4 is 5.32 Å². The highest BCUT2D eigenvalue weighted by molar-refractivity contribution is 5.98. The van der Waals surface area contributed by atoms with Crippen LogP contribution in [0.3, 0.4) is 0 Å². The van der Waals surface area contributed by atoms with Crippen LogP contribution in [0.2, 0.25) is 0 Å². The Hall–Kier alpha value is -1.09. The van der Waals surface area contributed by atoms with Gasteiger partial charge in [-0.3, -0.25) is 9.78 Å². The predicted octanol–water partition coefficient (Wildman–Crippen LogP) is 1.06. The lowest BCUT2D eigenvalue weighted by Crippen LogP contribution is -2.12. The number of carbonyl (C=O) groups is 1. The van der Waals surface area contributed by atoms with Gasteiger partial charge in [0.1, 0.15) is 0 Å². The van der Waals surface area contributed by atoms with Gasteiger partial charge in [0.15, 0.2) is 0 Å². The van der Waals surface area contributed by atoms with Gasteiger partial charge in [0.2, 0.25) is 0 Å². The van der Waals surface area contributed by atoms with Gasteiger partial charge in [-0.05, 0) is 13.0 Å². The van der Waals surface area contributed by atoms with Crippen molar-refractivity contribution in [3.8, 4) is 0 Å². The van der Waals surface area contributed by atoms with E-state index in [-0.39, 0.29) is 18.3 Å². The van der Waals surface area contributed by atoms with Crippen molar-refractivity contribution in [2.75, 3.05) is 0 Å². The maximum Gasteiger partial charge on any atom is 0.252 e. The van der Waals surface area contributed by atoms with Crippen LogP contribution in [-0.4, -0.2) is 10.9 Å². The Labute approximate surface area is 76.6 Å². The van der Waals surface area contributed by atoms with E-state index in [1.807, 2.05) is 13.0 Å². The van der Waals surface area contributed by atoms with E-state index in [1.165, 1.54) is 0 Å². The summed E-state index contributed by atoms with van der Waals surface area (Å²) in [6, 6.07) is 1.82. The number of amides is 1. The minimum absolute atomic E-state index is 0. The fourth-order valence-electron chi connectivity index (χ4n) is 1.21. The summed E-state index contributed by atoms with van der Waals surface area (Å²) < 4.78 is 0. The van der Waals surface area contributed by atoms with Gasteiger partial charge < -0.3 is 5.32 Å². The average molecular weight is 185 g/mol. The third kappa shape index (κ3) is 1.28. The summed E-state index contributed by atoms with van der Waals surface area (Å²) in [7, 11) is 0. The molecule has 4 heteroatoms. The molecule has 1 amide bonds. The van der Waals surface area contributed by atoms with Crippen LogP contribution in [-0.2, 0) is 6.54 Å². The fraction of sp³-hybridized carbons (Fsp3) is 0.250. The van der Waals surface area contributed by atoms with Crippen molar-refractivity contribution in [3.05, 3.63) is 29.1 Å². The predicted molar refractivity (Wildman–Crippen MR) is 47.4 cm³/mol. The number of halogens is 1. The molecule has 1 aliphatic heterocycles. The van der Waals surface area contributed by atoms with Crippen LogP contribution in [0.5, 0.6) is 0 Å². The first-order valence-electron chi connectivity index (χ1n) is 3.51. The van der Waals surface area contributed by atoms with Crippen LogP contribution in [0, 0.1) is 6.92 Å². The van der Waals surface area contributed by atoms with Gasteiger partial charge in [-0.2, -0.15) is 0 Å². The largest absolute Gasteiger partial charge is 0.348 e. The molecule has 2 rings (SSSR count). The van der Waals surface area contributed by atoms with E-state index in [4.69, 9.17) is 0 Å². The third-order valence-corrected chi connectivity index (χ3v) is 1.81. The molecule has 12 heavy (non-hydrogen) atoms. The highest BCUT2D eigenvalue weighted by Crippen LogP contribution is 2.14. The zero-order chi connectivity index (χ0) is 7.84. The van der Waals surface area contributed by atoms with Gasteiger partial charge in [-0.1, -0.05) is 0 Å². The van der Waals surface area contributed by atoms with Crippen molar-refractivity contribution in [3.63, 3.8) is 0 Å². The normalized spacial score (nSPS) is 13.2. The quantitative estimate of drug-likeness (QED) is 0.655. The number of aryl methyl sites for hydroxylation is 1. The van der Waals surface area contributed by atoms with Gasteiger partial charge in [0.05, 0.1) is 0 Å². The number of hydrogen-bond acceptors (Lipinski definition) is 2. The Balaban J connectivity index is 0.000000720. The lowest BCUT2D eigenvalue weighted by atomic mass is 10.1. The Morgan fingerprint density at radius 3 is 3.08 bits per heavy atom. The highest BCUT2D eigenvalue weighted by atomic mass is 35.5. The summed E-state index contributed by atoms with van der Waals surface area (Å²) in [5.41, 5.74) is 2.67. The molecule has 1 N–H and O–H groups in total. The molecule has 0 spiro atoms. The van der Waals surface area contributed by atoms with Crippen LogP contribution >= 0.6 is 12.4 Å². The van der Waals surface area contributed by atoms with Crippen molar-refractivity contribution in [2.24, 2.45) is 0 Å². The molecule has 0 fully saturated rings. The molecule has 0 unspecified atom stereocenters. The summed E-state index contributed by atoms with van der Waals surface area (Å²) in [5.74, 6) is 0.0190. The van der Waals surface area contributed by atoms with Gasteiger partial charge in [0, 0.05) is 29.6 Å². The summed E-state index contributed by atoms with van der Waals surface area (Å²) >= 11 is 0. The molecular weight excluding hydrogens is 176 g/mol. The van der Waals surface area contributed by atoms with Gasteiger partial charge >= 0.3 is 0 Å². The van der Waals surface area contributed by atoms with E-state index in [2.05, 4.69) is 10.3 Å². The van der Waals surface area contributed by atoms with Crippen LogP contribution in [0.1, 0.15) is 21.6 Å². The van der Waals surface area contributed by atoms with E-state index in [1.54, 1.807) is 6.20 Å². The highest BCUT2D eigenvalue weighted by Gasteiger charge is 2.18. The average Bonchev–Trinajstić information content (AvgIpc) is 2.33. The number of nitrogens with one attached hydrogen (secondary N) is 1. The van der Waals surface area contributed by atoms with Crippen molar-refractivity contribution in [1.82, 2.24) is 10.3 Å². The van der Waals surface area contributed by atoms with E-state index >= 15 is 0 Å². The Kier molecular flexibility index (Phi) is 2.33. The number of carbonyl (C=O) groups excluding carboxylic acids is 1. The molecule has 64 valence electrons. The molecular formula is C8H9ClN2O. The van der Waals surface area contributed by atoms with Crippen LogP contribution in [0.15, 0.2) is 12.3 Å². The molecule has 3 nitrogen and oxygen atoms in total.